The van der Waals surface area contributed by atoms with Gasteiger partial charge in [0, 0.05) is 0 Å². The lowest BCUT2D eigenvalue weighted by molar-refractivity contribution is 0.424. The van der Waals surface area contributed by atoms with Crippen molar-refractivity contribution in [3.05, 3.63) is 29.8 Å². The van der Waals surface area contributed by atoms with Crippen molar-refractivity contribution in [3.8, 4) is 0 Å². The van der Waals surface area contributed by atoms with E-state index in [9.17, 15) is 9.59 Å². The van der Waals surface area contributed by atoms with E-state index in [1.165, 1.54) is 0 Å². The van der Waals surface area contributed by atoms with Crippen LogP contribution >= 0.6 is 0 Å². The molecular weight excluding hydrogens is 180 g/mol. The van der Waals surface area contributed by atoms with Crippen molar-refractivity contribution in [2.75, 3.05) is 0 Å². The summed E-state index contributed by atoms with van der Waals surface area (Å²) in [6.45, 7) is 6.20. The lowest BCUT2D eigenvalue weighted by atomic mass is 9.87. The maximum Gasteiger partial charge on any atom is 0.418 e. The van der Waals surface area contributed by atoms with Crippen LogP contribution in [0.1, 0.15) is 26.3 Å². The van der Waals surface area contributed by atoms with E-state index in [-0.39, 0.29) is 5.41 Å². The third-order valence-corrected chi connectivity index (χ3v) is 2.89. The Morgan fingerprint density at radius 1 is 1.08 bits per heavy atom. The Balaban J connectivity index is 3.20. The summed E-state index contributed by atoms with van der Waals surface area (Å²) in [4.78, 5) is 18.5. The van der Waals surface area contributed by atoms with Crippen LogP contribution in [-0.2, 0) is 5.41 Å². The van der Waals surface area contributed by atoms with E-state index in [2.05, 4.69) is 20.8 Å². The molecule has 0 unspecified atom stereocenters. The van der Waals surface area contributed by atoms with E-state index in [1.807, 2.05) is 18.2 Å². The second kappa shape index (κ2) is 3.62. The van der Waals surface area contributed by atoms with Crippen molar-refractivity contribution in [3.63, 3.8) is 0 Å². The molecule has 0 aliphatic carbocycles. The molecule has 0 atom stereocenters. The fraction of sp³-hybridized carbons (Fsp3) is 0.400. The van der Waals surface area contributed by atoms with Gasteiger partial charge in [-0.25, -0.2) is 0 Å². The Morgan fingerprint density at radius 2 is 1.62 bits per heavy atom. The van der Waals surface area contributed by atoms with E-state index < -0.39 is 9.28 Å². The number of benzene rings is 1. The Labute approximate surface area is 80.7 Å². The van der Waals surface area contributed by atoms with Crippen LogP contribution in [0.5, 0.6) is 0 Å². The smallest absolute Gasteiger partial charge is 0.406 e. The second-order valence-electron chi connectivity index (χ2n) is 4.12. The van der Waals surface area contributed by atoms with Crippen molar-refractivity contribution in [1.29, 1.82) is 0 Å². The van der Waals surface area contributed by atoms with Crippen LogP contribution in [0, 0.1) is 0 Å². The number of hydrogen-bond donors (Lipinski definition) is 2. The van der Waals surface area contributed by atoms with E-state index in [1.54, 1.807) is 6.07 Å². The highest BCUT2D eigenvalue weighted by atomic mass is 28.3. The average Bonchev–Trinajstić information content (AvgIpc) is 2.03. The summed E-state index contributed by atoms with van der Waals surface area (Å²) in [5, 5.41) is 0.694. The molecule has 0 aromatic heterocycles. The third kappa shape index (κ3) is 2.40. The molecule has 0 aliphatic heterocycles. The summed E-state index contributed by atoms with van der Waals surface area (Å²) >= 11 is 0. The van der Waals surface area contributed by atoms with E-state index in [0.29, 0.717) is 5.19 Å². The van der Waals surface area contributed by atoms with Crippen LogP contribution in [0.25, 0.3) is 0 Å². The molecule has 2 nitrogen and oxygen atoms in total. The van der Waals surface area contributed by atoms with Gasteiger partial charge in [-0.1, -0.05) is 45.0 Å². The minimum atomic E-state index is -2.32. The molecule has 0 fully saturated rings. The fourth-order valence-corrected chi connectivity index (χ4v) is 2.28. The van der Waals surface area contributed by atoms with E-state index in [4.69, 9.17) is 0 Å². The predicted octanol–water partition coefficient (Wildman–Crippen LogP) is 0.664. The first kappa shape index (κ1) is 10.4. The third-order valence-electron chi connectivity index (χ3n) is 1.98. The van der Waals surface area contributed by atoms with Gasteiger partial charge in [-0.2, -0.15) is 0 Å². The summed E-state index contributed by atoms with van der Waals surface area (Å²) in [6, 6.07) is 7.50. The summed E-state index contributed by atoms with van der Waals surface area (Å²) in [6.07, 6.45) is 0. The molecule has 1 radical (unpaired) electrons. The average molecular weight is 195 g/mol. The van der Waals surface area contributed by atoms with Gasteiger partial charge < -0.3 is 9.59 Å². The molecule has 0 bridgehead atoms. The molecule has 1 rings (SSSR count). The van der Waals surface area contributed by atoms with Gasteiger partial charge in [0.05, 0.1) is 0 Å². The van der Waals surface area contributed by atoms with Gasteiger partial charge in [0.25, 0.3) is 0 Å². The Morgan fingerprint density at radius 3 is 2.00 bits per heavy atom. The molecule has 0 heterocycles. The minimum absolute atomic E-state index is 0.0298. The van der Waals surface area contributed by atoms with Crippen LogP contribution in [-0.4, -0.2) is 18.9 Å². The maximum absolute atomic E-state index is 9.23. The number of rotatable bonds is 1. The lowest BCUT2D eigenvalue weighted by Crippen LogP contribution is -2.36. The Hall–Kier alpha value is -0.643. The van der Waals surface area contributed by atoms with Gasteiger partial charge in [-0.3, -0.25) is 0 Å². The van der Waals surface area contributed by atoms with Gasteiger partial charge in [0.15, 0.2) is 0 Å². The Kier molecular flexibility index (Phi) is 2.90. The normalized spacial score (nSPS) is 12.2. The van der Waals surface area contributed by atoms with Gasteiger partial charge in [-0.05, 0) is 16.2 Å². The molecule has 0 saturated carbocycles. The van der Waals surface area contributed by atoms with Crippen LogP contribution in [0.15, 0.2) is 24.3 Å². The van der Waals surface area contributed by atoms with Crippen LogP contribution in [0.4, 0.5) is 0 Å². The zero-order valence-corrected chi connectivity index (χ0v) is 9.20. The first-order valence-corrected chi connectivity index (χ1v) is 5.67. The van der Waals surface area contributed by atoms with Crippen LogP contribution in [0.2, 0.25) is 0 Å². The van der Waals surface area contributed by atoms with Gasteiger partial charge in [-0.15, -0.1) is 0 Å². The Bertz CT molecular complexity index is 289. The summed E-state index contributed by atoms with van der Waals surface area (Å²) in [5.74, 6) is 0. The van der Waals surface area contributed by atoms with Gasteiger partial charge >= 0.3 is 9.28 Å². The van der Waals surface area contributed by atoms with Gasteiger partial charge in [0.1, 0.15) is 0 Å². The molecule has 0 amide bonds. The predicted molar refractivity (Wildman–Crippen MR) is 55.0 cm³/mol. The topological polar surface area (TPSA) is 40.5 Å². The van der Waals surface area contributed by atoms with E-state index >= 15 is 0 Å². The summed E-state index contributed by atoms with van der Waals surface area (Å²) in [7, 11) is -2.32. The van der Waals surface area contributed by atoms with Crippen LogP contribution in [0.3, 0.4) is 0 Å². The summed E-state index contributed by atoms with van der Waals surface area (Å²) in [5.41, 5.74) is 0.992. The molecular formula is C10H15O2Si. The zero-order valence-electron chi connectivity index (χ0n) is 8.20. The molecule has 71 valence electrons. The molecule has 0 spiro atoms. The van der Waals surface area contributed by atoms with Crippen molar-refractivity contribution in [1.82, 2.24) is 0 Å². The molecule has 1 aromatic carbocycles. The highest BCUT2D eigenvalue weighted by Crippen LogP contribution is 2.19. The van der Waals surface area contributed by atoms with Crippen molar-refractivity contribution >= 4 is 14.5 Å². The largest absolute Gasteiger partial charge is 0.418 e. The monoisotopic (exact) mass is 195 g/mol. The fourth-order valence-electron chi connectivity index (χ4n) is 1.33. The first-order valence-electron chi connectivity index (χ1n) is 4.27. The maximum atomic E-state index is 9.23. The molecule has 0 saturated heterocycles. The SMILES string of the molecule is CC(C)(C)c1ccccc1[Si](O)O. The molecule has 13 heavy (non-hydrogen) atoms. The highest BCUT2D eigenvalue weighted by molar-refractivity contribution is 6.59. The standard InChI is InChI=1S/C10H15O2Si/c1-10(2,3)8-6-4-5-7-9(8)13(11)12/h4-7,11-12H,1-3H3. The van der Waals surface area contributed by atoms with Gasteiger partial charge in [0.2, 0.25) is 0 Å². The first-order chi connectivity index (χ1) is 5.93. The van der Waals surface area contributed by atoms with Crippen LogP contribution < -0.4 is 5.19 Å². The lowest BCUT2D eigenvalue weighted by Gasteiger charge is -2.22. The highest BCUT2D eigenvalue weighted by Gasteiger charge is 2.22. The minimum Gasteiger partial charge on any atom is -0.406 e. The number of hydrogen-bond acceptors (Lipinski definition) is 2. The van der Waals surface area contributed by atoms with Crippen molar-refractivity contribution in [2.45, 2.75) is 26.2 Å². The quantitative estimate of drug-likeness (QED) is 0.646. The zero-order chi connectivity index (χ0) is 10.1. The molecule has 3 heteroatoms. The molecule has 1 aromatic rings. The van der Waals surface area contributed by atoms with Crippen molar-refractivity contribution in [2.24, 2.45) is 0 Å². The van der Waals surface area contributed by atoms with E-state index in [0.717, 1.165) is 5.56 Å². The second-order valence-corrected chi connectivity index (χ2v) is 5.31. The molecule has 0 aliphatic rings. The molecule has 2 N–H and O–H groups in total. The summed E-state index contributed by atoms with van der Waals surface area (Å²) < 4.78 is 0. The van der Waals surface area contributed by atoms with Crippen molar-refractivity contribution < 1.29 is 9.59 Å².